The summed E-state index contributed by atoms with van der Waals surface area (Å²) in [5.74, 6) is -3.76. The van der Waals surface area contributed by atoms with Gasteiger partial charge in [-0.05, 0) is 56.6 Å². The molecule has 0 radical (unpaired) electrons. The molecule has 2 aliphatic heterocycles. The van der Waals surface area contributed by atoms with Crippen LogP contribution in [0.2, 0.25) is 0 Å². The first-order valence-corrected chi connectivity index (χ1v) is 14.6. The number of ketones is 1. The molecule has 1 saturated heterocycles. The van der Waals surface area contributed by atoms with Gasteiger partial charge in [-0.3, -0.25) is 14.4 Å². The topological polar surface area (TPSA) is 142 Å². The molecule has 42 heavy (non-hydrogen) atoms. The second kappa shape index (κ2) is 10.2. The number of ether oxygens (including phenoxy) is 4. The number of cyclic esters (lactones) is 2. The third kappa shape index (κ3) is 4.28. The molecule has 8 unspecified atom stereocenters. The van der Waals surface area contributed by atoms with Crippen molar-refractivity contribution in [2.45, 2.75) is 92.1 Å². The molecular formula is C32H40O10. The quantitative estimate of drug-likeness (QED) is 0.221. The van der Waals surface area contributed by atoms with Crippen molar-refractivity contribution in [2.75, 3.05) is 7.11 Å². The molecule has 2 saturated carbocycles. The third-order valence-electron chi connectivity index (χ3n) is 11.0. The molecule has 228 valence electrons. The molecule has 0 aromatic carbocycles. The van der Waals surface area contributed by atoms with E-state index in [-0.39, 0.29) is 36.5 Å². The Morgan fingerprint density at radius 1 is 1.14 bits per heavy atom. The summed E-state index contributed by atoms with van der Waals surface area (Å²) in [7, 11) is 1.31. The van der Waals surface area contributed by atoms with Crippen LogP contribution in [0.5, 0.6) is 0 Å². The number of carbonyl (C=O) groups excluding carboxylic acids is 5. The van der Waals surface area contributed by atoms with Gasteiger partial charge in [0.15, 0.2) is 0 Å². The molecule has 3 fully saturated rings. The van der Waals surface area contributed by atoms with Crippen molar-refractivity contribution < 1.29 is 48.0 Å². The van der Waals surface area contributed by atoms with E-state index in [9.17, 15) is 29.1 Å². The van der Waals surface area contributed by atoms with Crippen LogP contribution in [0.15, 0.2) is 34.4 Å². The first-order chi connectivity index (χ1) is 19.6. The zero-order valence-corrected chi connectivity index (χ0v) is 25.3. The van der Waals surface area contributed by atoms with Crippen molar-refractivity contribution in [1.29, 1.82) is 0 Å². The Morgan fingerprint density at radius 3 is 2.43 bits per heavy atom. The second-order valence-electron chi connectivity index (χ2n) is 13.4. The van der Waals surface area contributed by atoms with E-state index in [2.05, 4.69) is 0 Å². The number of methoxy groups -OCH3 is 1. The Kier molecular flexibility index (Phi) is 7.32. The van der Waals surface area contributed by atoms with E-state index in [1.165, 1.54) is 13.2 Å². The molecule has 3 aliphatic carbocycles. The van der Waals surface area contributed by atoms with Gasteiger partial charge in [-0.1, -0.05) is 39.3 Å². The van der Waals surface area contributed by atoms with Crippen molar-refractivity contribution in [2.24, 2.45) is 34.0 Å². The molecule has 2 heterocycles. The molecule has 2 bridgehead atoms. The molecular weight excluding hydrogens is 544 g/mol. The molecule has 0 aromatic rings. The predicted molar refractivity (Wildman–Crippen MR) is 147 cm³/mol. The van der Waals surface area contributed by atoms with E-state index in [0.29, 0.717) is 18.4 Å². The molecule has 0 aromatic heterocycles. The average Bonchev–Trinajstić information content (AvgIpc) is 3.27. The number of allylic oxidation sites excluding steroid dienone is 2. The van der Waals surface area contributed by atoms with Gasteiger partial charge in [0.1, 0.15) is 18.0 Å². The maximum absolute atomic E-state index is 14.5. The smallest absolute Gasteiger partial charge is 0.340 e. The maximum Gasteiger partial charge on any atom is 0.340 e. The Morgan fingerprint density at radius 2 is 1.83 bits per heavy atom. The average molecular weight is 585 g/mol. The number of esters is 4. The van der Waals surface area contributed by atoms with Gasteiger partial charge >= 0.3 is 23.9 Å². The maximum atomic E-state index is 14.5. The van der Waals surface area contributed by atoms with Gasteiger partial charge in [0, 0.05) is 28.2 Å². The summed E-state index contributed by atoms with van der Waals surface area (Å²) >= 11 is 0. The van der Waals surface area contributed by atoms with E-state index in [4.69, 9.17) is 18.9 Å². The minimum Gasteiger partial charge on any atom is -0.469 e. The van der Waals surface area contributed by atoms with E-state index in [0.717, 1.165) is 11.1 Å². The van der Waals surface area contributed by atoms with Gasteiger partial charge in [-0.25, -0.2) is 9.59 Å². The lowest BCUT2D eigenvalue weighted by molar-refractivity contribution is -0.196. The van der Waals surface area contributed by atoms with E-state index >= 15 is 0 Å². The summed E-state index contributed by atoms with van der Waals surface area (Å²) in [5, 5.41) is 9.94. The summed E-state index contributed by atoms with van der Waals surface area (Å²) in [6.07, 6.45) is 1.05. The van der Waals surface area contributed by atoms with Crippen LogP contribution in [0, 0.1) is 34.0 Å². The van der Waals surface area contributed by atoms with Gasteiger partial charge in [0.05, 0.1) is 25.0 Å². The molecule has 5 rings (SSSR count). The fraction of sp³-hybridized carbons (Fsp3) is 0.656. The van der Waals surface area contributed by atoms with E-state index in [1.54, 1.807) is 19.9 Å². The van der Waals surface area contributed by atoms with Crippen molar-refractivity contribution in [1.82, 2.24) is 0 Å². The first kappa shape index (κ1) is 30.2. The molecule has 10 nitrogen and oxygen atoms in total. The van der Waals surface area contributed by atoms with Crippen molar-refractivity contribution in [3.63, 3.8) is 0 Å². The SMILES string of the molecule is CC=C(C)C(=O)OC1C2CC3=C4CC(=O)OC(C5=CC(O)OC5=O)C4(C)CCC3C(C)(C2=O)C(CC(=O)OC)C1(C)C. The van der Waals surface area contributed by atoms with E-state index in [1.807, 2.05) is 27.7 Å². The van der Waals surface area contributed by atoms with Crippen LogP contribution >= 0.6 is 0 Å². The first-order valence-electron chi connectivity index (χ1n) is 14.6. The summed E-state index contributed by atoms with van der Waals surface area (Å²) in [6.45, 7) is 11.1. The van der Waals surface area contributed by atoms with Crippen molar-refractivity contribution >= 4 is 29.7 Å². The number of aliphatic hydroxyl groups excluding tert-OH is 1. The van der Waals surface area contributed by atoms with Crippen LogP contribution in [0.3, 0.4) is 0 Å². The predicted octanol–water partition coefficient (Wildman–Crippen LogP) is 3.51. The number of hydrogen-bond donors (Lipinski definition) is 1. The van der Waals surface area contributed by atoms with Crippen LogP contribution in [0.25, 0.3) is 0 Å². The van der Waals surface area contributed by atoms with Gasteiger partial charge in [0.25, 0.3) is 0 Å². The Hall–Kier alpha value is -3.27. The summed E-state index contributed by atoms with van der Waals surface area (Å²) < 4.78 is 21.9. The number of aliphatic hydroxyl groups is 1. The monoisotopic (exact) mass is 584 g/mol. The van der Waals surface area contributed by atoms with Crippen LogP contribution < -0.4 is 0 Å². The fourth-order valence-corrected chi connectivity index (χ4v) is 8.70. The Labute approximate surface area is 245 Å². The molecule has 5 aliphatic rings. The highest BCUT2D eigenvalue weighted by Gasteiger charge is 2.69. The number of Topliss-reactive ketones (excluding diaryl/α,β-unsaturated/α-hetero) is 1. The van der Waals surface area contributed by atoms with Crippen LogP contribution in [0.4, 0.5) is 0 Å². The van der Waals surface area contributed by atoms with E-state index < -0.39 is 70.5 Å². The van der Waals surface area contributed by atoms with Gasteiger partial charge in [-0.2, -0.15) is 0 Å². The molecule has 1 N–H and O–H groups in total. The number of fused-ring (bicyclic) bond motifs is 5. The molecule has 8 atom stereocenters. The van der Waals surface area contributed by atoms with Crippen LogP contribution in [-0.4, -0.2) is 60.4 Å². The highest BCUT2D eigenvalue weighted by molar-refractivity contribution is 5.95. The number of rotatable bonds is 5. The standard InChI is InChI=1S/C32H40O10/c1-8-15(2)28(37)42-26-17-11-16-19(32(6,25(17)36)21(30(26,3)4)14-22(33)39-7)9-10-31(5)20(16)13-24(35)40-27(31)18-12-23(34)41-29(18)38/h8,12,17,19,21,23,26-27,34H,9-11,13-14H2,1-7H3. The molecule has 10 heteroatoms. The zero-order chi connectivity index (χ0) is 30.9. The lowest BCUT2D eigenvalue weighted by Crippen LogP contribution is -2.67. The minimum absolute atomic E-state index is 0.00605. The number of carbonyl (C=O) groups is 5. The molecule has 0 amide bonds. The largest absolute Gasteiger partial charge is 0.469 e. The lowest BCUT2D eigenvalue weighted by atomic mass is 9.40. The zero-order valence-electron chi connectivity index (χ0n) is 25.3. The summed E-state index contributed by atoms with van der Waals surface area (Å²) in [5.41, 5.74) is -0.281. The van der Waals surface area contributed by atoms with Crippen molar-refractivity contribution in [3.05, 3.63) is 34.4 Å². The summed E-state index contributed by atoms with van der Waals surface area (Å²) in [4.78, 5) is 66.0. The highest BCUT2D eigenvalue weighted by atomic mass is 16.6. The van der Waals surface area contributed by atoms with Crippen LogP contribution in [-0.2, 0) is 42.9 Å². The van der Waals surface area contributed by atoms with Gasteiger partial charge in [-0.15, -0.1) is 0 Å². The third-order valence-corrected chi connectivity index (χ3v) is 11.0. The highest BCUT2D eigenvalue weighted by Crippen LogP contribution is 2.67. The normalized spacial score (nSPS) is 39.0. The van der Waals surface area contributed by atoms with Crippen molar-refractivity contribution in [3.8, 4) is 0 Å². The lowest BCUT2D eigenvalue weighted by Gasteiger charge is -2.63. The van der Waals surface area contributed by atoms with Crippen LogP contribution in [0.1, 0.15) is 73.6 Å². The molecule has 0 spiro atoms. The second-order valence-corrected chi connectivity index (χ2v) is 13.4. The van der Waals surface area contributed by atoms with Gasteiger partial charge in [0.2, 0.25) is 6.29 Å². The van der Waals surface area contributed by atoms with Gasteiger partial charge < -0.3 is 24.1 Å². The Bertz CT molecular complexity index is 1350. The summed E-state index contributed by atoms with van der Waals surface area (Å²) in [6, 6.07) is 0. The fourth-order valence-electron chi connectivity index (χ4n) is 8.70. The minimum atomic E-state index is -1.41. The Balaban J connectivity index is 1.68. The number of hydrogen-bond acceptors (Lipinski definition) is 10.